The quantitative estimate of drug-likeness (QED) is 0.663. The Morgan fingerprint density at radius 2 is 2.00 bits per heavy atom. The van der Waals surface area contributed by atoms with E-state index in [0.717, 1.165) is 30.6 Å². The van der Waals surface area contributed by atoms with Crippen molar-refractivity contribution in [1.29, 1.82) is 0 Å². The molecule has 1 saturated heterocycles. The Kier molecular flexibility index (Phi) is 3.75. The molecule has 2 fully saturated rings. The van der Waals surface area contributed by atoms with Gasteiger partial charge in [-0.05, 0) is 38.5 Å². The first-order valence-corrected chi connectivity index (χ1v) is 8.20. The molecule has 1 saturated carbocycles. The zero-order valence-corrected chi connectivity index (χ0v) is 12.7. The van der Waals surface area contributed by atoms with Crippen LogP contribution in [0.25, 0.3) is 0 Å². The first-order chi connectivity index (χ1) is 9.91. The van der Waals surface area contributed by atoms with Crippen LogP contribution < -0.4 is 5.73 Å². The number of aliphatic carboxylic acids is 1. The number of hydrogen-bond acceptors (Lipinski definition) is 5. The van der Waals surface area contributed by atoms with Crippen molar-refractivity contribution in [1.82, 2.24) is 4.90 Å². The summed E-state index contributed by atoms with van der Waals surface area (Å²) in [6.07, 6.45) is 2.77. The summed E-state index contributed by atoms with van der Waals surface area (Å²) in [7, 11) is 0. The fraction of sp³-hybridized carbons (Fsp3) is 0.714. The third kappa shape index (κ3) is 2.27. The molecule has 116 valence electrons. The van der Waals surface area contributed by atoms with Crippen molar-refractivity contribution in [2.45, 2.75) is 50.1 Å². The number of amides is 1. The smallest absolute Gasteiger partial charge is 0.353 e. The van der Waals surface area contributed by atoms with Crippen molar-refractivity contribution in [3.05, 3.63) is 10.6 Å². The van der Waals surface area contributed by atoms with Crippen LogP contribution in [0.3, 0.4) is 0 Å². The van der Waals surface area contributed by atoms with Crippen molar-refractivity contribution < 1.29 is 19.8 Å². The van der Waals surface area contributed by atoms with E-state index in [-0.39, 0.29) is 28.9 Å². The predicted molar refractivity (Wildman–Crippen MR) is 78.0 cm³/mol. The molecule has 6 nitrogen and oxygen atoms in total. The van der Waals surface area contributed by atoms with Crippen molar-refractivity contribution >= 4 is 23.6 Å². The number of fused-ring (bicyclic) bond motifs is 1. The topological polar surface area (TPSA) is 104 Å². The molecule has 0 bridgehead atoms. The summed E-state index contributed by atoms with van der Waals surface area (Å²) < 4.78 is 0. The third-order valence-electron chi connectivity index (χ3n) is 4.67. The molecule has 0 aromatic rings. The lowest BCUT2D eigenvalue weighted by Crippen LogP contribution is -2.60. The molecule has 1 amide bonds. The predicted octanol–water partition coefficient (Wildman–Crippen LogP) is 0.712. The normalized spacial score (nSPS) is 37.3. The first-order valence-electron chi connectivity index (χ1n) is 7.32. The van der Waals surface area contributed by atoms with Crippen LogP contribution in [0.2, 0.25) is 0 Å². The number of carbonyl (C=O) groups is 2. The Balaban J connectivity index is 1.86. The van der Waals surface area contributed by atoms with Crippen LogP contribution in [-0.4, -0.2) is 44.5 Å². The van der Waals surface area contributed by atoms with Crippen LogP contribution in [0.15, 0.2) is 10.6 Å². The second-order valence-corrected chi connectivity index (χ2v) is 7.27. The van der Waals surface area contributed by atoms with Gasteiger partial charge in [0.2, 0.25) is 5.91 Å². The van der Waals surface area contributed by atoms with Gasteiger partial charge in [-0.15, -0.1) is 11.8 Å². The zero-order valence-electron chi connectivity index (χ0n) is 11.9. The van der Waals surface area contributed by atoms with Crippen molar-refractivity contribution in [2.24, 2.45) is 17.6 Å². The number of aliphatic hydroxyl groups is 1. The van der Waals surface area contributed by atoms with Gasteiger partial charge in [-0.1, -0.05) is 0 Å². The molecule has 0 aromatic carbocycles. The summed E-state index contributed by atoms with van der Waals surface area (Å²) in [6.45, 7) is 1.58. The fourth-order valence-electron chi connectivity index (χ4n) is 3.48. The number of aliphatic hydroxyl groups excluding tert-OH is 1. The Morgan fingerprint density at radius 1 is 1.38 bits per heavy atom. The Morgan fingerprint density at radius 3 is 2.52 bits per heavy atom. The summed E-state index contributed by atoms with van der Waals surface area (Å²) in [5, 5.41) is 18.9. The molecule has 0 radical (unpaired) electrons. The fourth-order valence-corrected chi connectivity index (χ4v) is 5.27. The minimum atomic E-state index is -1.05. The average Bonchev–Trinajstić information content (AvgIpc) is 2.74. The molecule has 4 N–H and O–H groups in total. The van der Waals surface area contributed by atoms with Crippen LogP contribution in [-0.2, 0) is 9.59 Å². The number of thioether (sulfide) groups is 1. The molecular weight excluding hydrogens is 292 g/mol. The third-order valence-corrected chi connectivity index (χ3v) is 6.20. The van der Waals surface area contributed by atoms with E-state index in [1.54, 1.807) is 6.92 Å². The van der Waals surface area contributed by atoms with Crippen molar-refractivity contribution in [3.63, 3.8) is 0 Å². The first kappa shape index (κ1) is 14.9. The molecular formula is C14H20N2O4S. The lowest BCUT2D eigenvalue weighted by atomic mass is 9.85. The SMILES string of the molecule is CC(O)C1C(=O)N2C(C(=O)O)=C(C3CCC(N)CC3)S[C@H]12. The van der Waals surface area contributed by atoms with E-state index < -0.39 is 18.0 Å². The van der Waals surface area contributed by atoms with E-state index in [9.17, 15) is 19.8 Å². The molecule has 2 heterocycles. The van der Waals surface area contributed by atoms with Crippen LogP contribution in [0.1, 0.15) is 32.6 Å². The highest BCUT2D eigenvalue weighted by molar-refractivity contribution is 8.04. The summed E-state index contributed by atoms with van der Waals surface area (Å²) in [4.78, 5) is 25.9. The van der Waals surface area contributed by atoms with Gasteiger partial charge in [-0.3, -0.25) is 9.69 Å². The van der Waals surface area contributed by atoms with Gasteiger partial charge in [0.15, 0.2) is 0 Å². The summed E-state index contributed by atoms with van der Waals surface area (Å²) in [5.74, 6) is -1.64. The molecule has 1 aliphatic carbocycles. The molecule has 2 aliphatic heterocycles. The minimum absolute atomic E-state index is 0.132. The monoisotopic (exact) mass is 312 g/mol. The number of carboxylic acid groups (broad SMARTS) is 1. The highest BCUT2D eigenvalue weighted by Gasteiger charge is 2.58. The van der Waals surface area contributed by atoms with Gasteiger partial charge in [-0.2, -0.15) is 0 Å². The molecule has 7 heteroatoms. The van der Waals surface area contributed by atoms with E-state index in [2.05, 4.69) is 0 Å². The average molecular weight is 312 g/mol. The molecule has 3 aliphatic rings. The minimum Gasteiger partial charge on any atom is -0.477 e. The molecule has 0 aromatic heterocycles. The highest BCUT2D eigenvalue weighted by atomic mass is 32.2. The van der Waals surface area contributed by atoms with Gasteiger partial charge in [0.05, 0.1) is 12.0 Å². The standard InChI is InChI=1S/C14H20N2O4S/c1-6(17)9-12(18)16-10(14(19)20)11(21-13(9)16)7-2-4-8(15)5-3-7/h6-9,13,17H,2-5,15H2,1H3,(H,19,20)/t6?,7?,8?,9?,13-/m1/s1. The van der Waals surface area contributed by atoms with Crippen LogP contribution in [0.5, 0.6) is 0 Å². The van der Waals surface area contributed by atoms with Gasteiger partial charge in [0.1, 0.15) is 11.1 Å². The Hall–Kier alpha value is -1.05. The number of β-lactam (4-membered cyclic amide) rings is 1. The van der Waals surface area contributed by atoms with Crippen LogP contribution >= 0.6 is 11.8 Å². The van der Waals surface area contributed by atoms with Gasteiger partial charge < -0.3 is 15.9 Å². The maximum atomic E-state index is 12.1. The number of carbonyl (C=O) groups excluding carboxylic acids is 1. The number of carboxylic acids is 1. The lowest BCUT2D eigenvalue weighted by Gasteiger charge is -2.43. The summed E-state index contributed by atoms with van der Waals surface area (Å²) in [5.41, 5.74) is 6.04. The van der Waals surface area contributed by atoms with E-state index in [0.29, 0.717) is 0 Å². The van der Waals surface area contributed by atoms with E-state index in [4.69, 9.17) is 5.73 Å². The maximum absolute atomic E-state index is 12.1. The second kappa shape index (κ2) is 5.30. The van der Waals surface area contributed by atoms with E-state index in [1.807, 2.05) is 0 Å². The number of nitrogens with two attached hydrogens (primary N) is 1. The second-order valence-electron chi connectivity index (χ2n) is 6.11. The van der Waals surface area contributed by atoms with Crippen molar-refractivity contribution in [3.8, 4) is 0 Å². The van der Waals surface area contributed by atoms with E-state index in [1.165, 1.54) is 16.7 Å². The Bertz CT molecular complexity index is 511. The molecule has 0 spiro atoms. The Labute approximate surface area is 127 Å². The summed E-state index contributed by atoms with van der Waals surface area (Å²) in [6, 6.07) is 0.199. The highest BCUT2D eigenvalue weighted by Crippen LogP contribution is 2.54. The van der Waals surface area contributed by atoms with Crippen LogP contribution in [0, 0.1) is 11.8 Å². The largest absolute Gasteiger partial charge is 0.477 e. The van der Waals surface area contributed by atoms with Crippen molar-refractivity contribution in [2.75, 3.05) is 0 Å². The number of hydrogen-bond donors (Lipinski definition) is 3. The number of rotatable bonds is 3. The molecule has 3 atom stereocenters. The van der Waals surface area contributed by atoms with Gasteiger partial charge in [-0.25, -0.2) is 4.79 Å². The van der Waals surface area contributed by atoms with E-state index >= 15 is 0 Å². The van der Waals surface area contributed by atoms with Gasteiger partial charge in [0, 0.05) is 10.9 Å². The summed E-state index contributed by atoms with van der Waals surface area (Å²) >= 11 is 1.45. The lowest BCUT2D eigenvalue weighted by molar-refractivity contribution is -0.156. The molecule has 21 heavy (non-hydrogen) atoms. The zero-order chi connectivity index (χ0) is 15.3. The maximum Gasteiger partial charge on any atom is 0.353 e. The number of nitrogens with zero attached hydrogens (tertiary/aromatic N) is 1. The van der Waals surface area contributed by atoms with Gasteiger partial charge >= 0.3 is 5.97 Å². The molecule has 3 rings (SSSR count). The molecule has 2 unspecified atom stereocenters. The van der Waals surface area contributed by atoms with Gasteiger partial charge in [0.25, 0.3) is 0 Å². The number of allylic oxidation sites excluding steroid dienone is 1. The van der Waals surface area contributed by atoms with Crippen LogP contribution in [0.4, 0.5) is 0 Å².